The summed E-state index contributed by atoms with van der Waals surface area (Å²) < 4.78 is 0. The molecular weight excluding hydrogens is 168 g/mol. The van der Waals surface area contributed by atoms with Gasteiger partial charge in [0.25, 0.3) is 0 Å². The second-order valence-corrected chi connectivity index (χ2v) is 5.68. The smallest absolute Gasteiger partial charge is 0.00789 e. The molecule has 0 heteroatoms. The summed E-state index contributed by atoms with van der Waals surface area (Å²) in [5.74, 6) is 1.06. The maximum atomic E-state index is 2.32. The Hall–Kier alpha value is -0.260. The first-order valence-electron chi connectivity index (χ1n) is 6.58. The molecule has 0 aliphatic heterocycles. The van der Waals surface area contributed by atoms with E-state index in [0.29, 0.717) is 0 Å². The molecule has 0 N–H and O–H groups in total. The van der Waals surface area contributed by atoms with Gasteiger partial charge in [-0.1, -0.05) is 24.5 Å². The number of rotatable bonds is 4. The third-order valence-electron chi connectivity index (χ3n) is 4.53. The van der Waals surface area contributed by atoms with E-state index < -0.39 is 0 Å². The molecule has 0 heterocycles. The molecule has 3 aliphatic rings. The van der Waals surface area contributed by atoms with Gasteiger partial charge in [0.1, 0.15) is 0 Å². The summed E-state index contributed by atoms with van der Waals surface area (Å²) in [6, 6.07) is 0. The van der Waals surface area contributed by atoms with Crippen LogP contribution in [0.5, 0.6) is 0 Å². The molecule has 1 spiro atoms. The average Bonchev–Trinajstić information content (AvgIpc) is 3.05. The molecule has 0 unspecified atom stereocenters. The fraction of sp³-hybridized carbons (Fsp3) is 0.857. The van der Waals surface area contributed by atoms with Crippen molar-refractivity contribution >= 4 is 0 Å². The predicted octanol–water partition coefficient (Wildman–Crippen LogP) is 4.46. The monoisotopic (exact) mass is 190 g/mol. The molecule has 0 bridgehead atoms. The van der Waals surface area contributed by atoms with Crippen LogP contribution in [0.1, 0.15) is 64.7 Å². The van der Waals surface area contributed by atoms with Crippen LogP contribution in [0.2, 0.25) is 0 Å². The van der Waals surface area contributed by atoms with Crippen LogP contribution in [0.4, 0.5) is 0 Å². The van der Waals surface area contributed by atoms with Crippen molar-refractivity contribution in [1.29, 1.82) is 0 Å². The molecule has 0 radical (unpaired) electrons. The van der Waals surface area contributed by atoms with Crippen molar-refractivity contribution in [3.8, 4) is 0 Å². The van der Waals surface area contributed by atoms with E-state index in [1.807, 2.05) is 11.1 Å². The number of unbranched alkanes of at least 4 members (excludes halogenated alkanes) is 1. The molecule has 3 rings (SSSR count). The lowest BCUT2D eigenvalue weighted by Crippen LogP contribution is -2.01. The van der Waals surface area contributed by atoms with Gasteiger partial charge in [-0.05, 0) is 62.7 Å². The quantitative estimate of drug-likeness (QED) is 0.574. The number of hydrogen-bond acceptors (Lipinski definition) is 0. The molecule has 0 nitrogen and oxygen atoms in total. The van der Waals surface area contributed by atoms with Gasteiger partial charge in [0.15, 0.2) is 0 Å². The van der Waals surface area contributed by atoms with E-state index in [-0.39, 0.29) is 0 Å². The van der Waals surface area contributed by atoms with Crippen molar-refractivity contribution in [2.75, 3.05) is 0 Å². The van der Waals surface area contributed by atoms with E-state index in [4.69, 9.17) is 0 Å². The topological polar surface area (TPSA) is 0 Å². The standard InChI is InChI=1S/C14H22/c1-2-3-4-11-7-8-14(9-10-14)13(11)12-5-6-12/h12H,2-10H2,1H3. The largest absolute Gasteiger partial charge is 0.0701 e. The van der Waals surface area contributed by atoms with Crippen LogP contribution >= 0.6 is 0 Å². The molecule has 14 heavy (non-hydrogen) atoms. The van der Waals surface area contributed by atoms with Crippen LogP contribution in [-0.2, 0) is 0 Å². The van der Waals surface area contributed by atoms with Crippen LogP contribution in [0.25, 0.3) is 0 Å². The lowest BCUT2D eigenvalue weighted by molar-refractivity contribution is 0.570. The fourth-order valence-electron chi connectivity index (χ4n) is 3.45. The Morgan fingerprint density at radius 2 is 2.00 bits per heavy atom. The molecule has 3 aliphatic carbocycles. The molecule has 78 valence electrons. The average molecular weight is 190 g/mol. The summed E-state index contributed by atoms with van der Waals surface area (Å²) in [6.07, 6.45) is 13.3. The third-order valence-corrected chi connectivity index (χ3v) is 4.53. The van der Waals surface area contributed by atoms with Crippen LogP contribution < -0.4 is 0 Å². The molecule has 0 aromatic heterocycles. The molecule has 0 amide bonds. The molecule has 2 fully saturated rings. The highest BCUT2D eigenvalue weighted by molar-refractivity contribution is 5.37. The minimum absolute atomic E-state index is 0.796. The molecule has 2 saturated carbocycles. The molecule has 0 saturated heterocycles. The summed E-state index contributed by atoms with van der Waals surface area (Å²) in [5, 5.41) is 0. The van der Waals surface area contributed by atoms with Crippen molar-refractivity contribution in [3.05, 3.63) is 11.1 Å². The number of hydrogen-bond donors (Lipinski definition) is 0. The summed E-state index contributed by atoms with van der Waals surface area (Å²) in [4.78, 5) is 0. The zero-order valence-corrected chi connectivity index (χ0v) is 9.44. The Morgan fingerprint density at radius 3 is 2.57 bits per heavy atom. The van der Waals surface area contributed by atoms with Gasteiger partial charge in [-0.3, -0.25) is 0 Å². The highest BCUT2D eigenvalue weighted by atomic mass is 14.6. The highest BCUT2D eigenvalue weighted by Gasteiger charge is 2.53. The summed E-state index contributed by atoms with van der Waals surface area (Å²) in [6.45, 7) is 2.32. The first-order chi connectivity index (χ1) is 6.86. The van der Waals surface area contributed by atoms with E-state index in [1.54, 1.807) is 0 Å². The zero-order chi connectivity index (χ0) is 9.60. The van der Waals surface area contributed by atoms with Crippen LogP contribution in [0, 0.1) is 11.3 Å². The van der Waals surface area contributed by atoms with Gasteiger partial charge in [-0.25, -0.2) is 0 Å². The van der Waals surface area contributed by atoms with E-state index in [2.05, 4.69) is 6.92 Å². The fourth-order valence-corrected chi connectivity index (χ4v) is 3.45. The second-order valence-electron chi connectivity index (χ2n) is 5.68. The summed E-state index contributed by atoms with van der Waals surface area (Å²) in [5.41, 5.74) is 4.70. The molecule has 0 aromatic rings. The molecule has 0 atom stereocenters. The second kappa shape index (κ2) is 3.12. The Bertz CT molecular complexity index is 264. The van der Waals surface area contributed by atoms with Crippen LogP contribution in [0.15, 0.2) is 11.1 Å². The van der Waals surface area contributed by atoms with Gasteiger partial charge in [0, 0.05) is 0 Å². The lowest BCUT2D eigenvalue weighted by atomic mass is 9.92. The maximum absolute atomic E-state index is 2.32. The van der Waals surface area contributed by atoms with Gasteiger partial charge in [-0.15, -0.1) is 0 Å². The predicted molar refractivity (Wildman–Crippen MR) is 60.2 cm³/mol. The lowest BCUT2D eigenvalue weighted by Gasteiger charge is -2.13. The van der Waals surface area contributed by atoms with Crippen molar-refractivity contribution < 1.29 is 0 Å². The SMILES string of the molecule is CCCCC1=C(C2CC2)C2(CC1)CC2. The Balaban J connectivity index is 1.79. The first-order valence-corrected chi connectivity index (χ1v) is 6.58. The van der Waals surface area contributed by atoms with Gasteiger partial charge in [0.05, 0.1) is 0 Å². The Kier molecular flexibility index (Phi) is 2.00. The van der Waals surface area contributed by atoms with Gasteiger partial charge >= 0.3 is 0 Å². The first kappa shape index (κ1) is 9.00. The van der Waals surface area contributed by atoms with Crippen molar-refractivity contribution in [1.82, 2.24) is 0 Å². The van der Waals surface area contributed by atoms with Gasteiger partial charge in [0.2, 0.25) is 0 Å². The van der Waals surface area contributed by atoms with Crippen molar-refractivity contribution in [2.24, 2.45) is 11.3 Å². The van der Waals surface area contributed by atoms with E-state index >= 15 is 0 Å². The molecule has 0 aromatic carbocycles. The van der Waals surface area contributed by atoms with E-state index in [9.17, 15) is 0 Å². The highest BCUT2D eigenvalue weighted by Crippen LogP contribution is 2.66. The van der Waals surface area contributed by atoms with Crippen LogP contribution in [0.3, 0.4) is 0 Å². The van der Waals surface area contributed by atoms with Crippen LogP contribution in [-0.4, -0.2) is 0 Å². The third kappa shape index (κ3) is 1.34. The van der Waals surface area contributed by atoms with Crippen molar-refractivity contribution in [3.63, 3.8) is 0 Å². The van der Waals surface area contributed by atoms with E-state index in [0.717, 1.165) is 11.3 Å². The zero-order valence-electron chi connectivity index (χ0n) is 9.44. The Labute approximate surface area is 87.8 Å². The van der Waals surface area contributed by atoms with E-state index in [1.165, 1.54) is 57.8 Å². The summed E-state index contributed by atoms with van der Waals surface area (Å²) in [7, 11) is 0. The Morgan fingerprint density at radius 1 is 1.21 bits per heavy atom. The van der Waals surface area contributed by atoms with Gasteiger partial charge in [-0.2, -0.15) is 0 Å². The minimum atomic E-state index is 0.796. The van der Waals surface area contributed by atoms with Crippen molar-refractivity contribution in [2.45, 2.75) is 64.7 Å². The minimum Gasteiger partial charge on any atom is -0.0701 e. The molecular formula is C14H22. The maximum Gasteiger partial charge on any atom is -0.00789 e. The number of allylic oxidation sites excluding steroid dienone is 2. The normalized spacial score (nSPS) is 28.9. The summed E-state index contributed by atoms with van der Waals surface area (Å²) >= 11 is 0. The van der Waals surface area contributed by atoms with Gasteiger partial charge < -0.3 is 0 Å².